The van der Waals surface area contributed by atoms with Crippen molar-refractivity contribution in [1.82, 2.24) is 9.97 Å². The average Bonchev–Trinajstić information content (AvgIpc) is 2.91. The third-order valence-corrected chi connectivity index (χ3v) is 5.76. The molecule has 8 nitrogen and oxygen atoms in total. The van der Waals surface area contributed by atoms with Gasteiger partial charge in [0.1, 0.15) is 35.8 Å². The molecule has 0 spiro atoms. The van der Waals surface area contributed by atoms with Crippen molar-refractivity contribution >= 4 is 16.9 Å². The van der Waals surface area contributed by atoms with Crippen molar-refractivity contribution in [3.63, 3.8) is 0 Å². The fourth-order valence-electron chi connectivity index (χ4n) is 3.85. The molecule has 1 heterocycles. The highest BCUT2D eigenvalue weighted by molar-refractivity contribution is 5.83. The zero-order valence-electron chi connectivity index (χ0n) is 20.6. The predicted octanol–water partition coefficient (Wildman–Crippen LogP) is 4.63. The van der Waals surface area contributed by atoms with Gasteiger partial charge in [-0.3, -0.25) is 4.98 Å². The summed E-state index contributed by atoms with van der Waals surface area (Å²) in [6, 6.07) is 19.3. The Hall–Kier alpha value is -4.82. The number of nitriles is 2. The fraction of sp³-hybridized carbons (Fsp3) is 0.214. The average molecular weight is 480 g/mol. The summed E-state index contributed by atoms with van der Waals surface area (Å²) in [5, 5.41) is 19.2. The first-order chi connectivity index (χ1) is 17.5. The minimum atomic E-state index is 0.268. The van der Waals surface area contributed by atoms with Gasteiger partial charge in [0.2, 0.25) is 0 Å². The van der Waals surface area contributed by atoms with Gasteiger partial charge >= 0.3 is 0 Å². The molecule has 0 unspecified atom stereocenters. The van der Waals surface area contributed by atoms with Crippen LogP contribution in [0, 0.1) is 22.7 Å². The summed E-state index contributed by atoms with van der Waals surface area (Å²) in [5.74, 6) is 2.38. The lowest BCUT2D eigenvalue weighted by molar-refractivity contribution is 0.284. The van der Waals surface area contributed by atoms with E-state index in [1.807, 2.05) is 55.4 Å². The Labute approximate surface area is 209 Å². The summed E-state index contributed by atoms with van der Waals surface area (Å²) >= 11 is 0. The Balaban J connectivity index is 1.58. The molecular formula is C28H25N5O3. The number of nitrogens with zero attached hydrogens (tertiary/aromatic N) is 5. The van der Waals surface area contributed by atoms with Crippen LogP contribution in [0.25, 0.3) is 11.0 Å². The first-order valence-corrected chi connectivity index (χ1v) is 11.2. The number of anilines is 1. The molecule has 0 radical (unpaired) electrons. The lowest BCUT2D eigenvalue weighted by Crippen LogP contribution is -2.11. The van der Waals surface area contributed by atoms with Crippen LogP contribution >= 0.6 is 0 Å². The van der Waals surface area contributed by atoms with E-state index in [9.17, 15) is 10.5 Å². The largest absolute Gasteiger partial charge is 0.495 e. The van der Waals surface area contributed by atoms with E-state index in [0.29, 0.717) is 51.6 Å². The van der Waals surface area contributed by atoms with Crippen LogP contribution in [0.3, 0.4) is 0 Å². The Kier molecular flexibility index (Phi) is 7.17. The van der Waals surface area contributed by atoms with Gasteiger partial charge in [-0.1, -0.05) is 18.2 Å². The zero-order valence-corrected chi connectivity index (χ0v) is 20.6. The number of rotatable bonds is 8. The molecule has 0 bridgehead atoms. The third-order valence-electron chi connectivity index (χ3n) is 5.76. The smallest absolute Gasteiger partial charge is 0.161 e. The van der Waals surface area contributed by atoms with Gasteiger partial charge in [0.15, 0.2) is 11.5 Å². The van der Waals surface area contributed by atoms with Crippen molar-refractivity contribution in [2.75, 3.05) is 33.2 Å². The van der Waals surface area contributed by atoms with E-state index >= 15 is 0 Å². The molecule has 0 aliphatic rings. The standard InChI is InChI=1S/C28H25N5O3/c1-33(2)27-16-31-23-8-7-20(22(15-30)28(23)32-27)11-18-5-10-25(26(13-18)35-4)36-17-19-6-9-24(34-3)21(12-19)14-29/h5-10,12-13,16H,11,17H2,1-4H3. The van der Waals surface area contributed by atoms with Gasteiger partial charge in [-0.25, -0.2) is 4.98 Å². The van der Waals surface area contributed by atoms with Gasteiger partial charge in [0.25, 0.3) is 0 Å². The first-order valence-electron chi connectivity index (χ1n) is 11.2. The summed E-state index contributed by atoms with van der Waals surface area (Å²) in [6.07, 6.45) is 2.22. The molecule has 180 valence electrons. The highest BCUT2D eigenvalue weighted by Crippen LogP contribution is 2.31. The lowest BCUT2D eigenvalue weighted by Gasteiger charge is -2.14. The molecule has 0 aliphatic heterocycles. The van der Waals surface area contributed by atoms with Crippen LogP contribution in [0.5, 0.6) is 17.2 Å². The number of aromatic nitrogens is 2. The molecule has 4 rings (SSSR count). The Morgan fingerprint density at radius 3 is 2.31 bits per heavy atom. The predicted molar refractivity (Wildman–Crippen MR) is 136 cm³/mol. The van der Waals surface area contributed by atoms with E-state index in [-0.39, 0.29) is 6.61 Å². The van der Waals surface area contributed by atoms with E-state index in [1.54, 1.807) is 25.4 Å². The fourth-order valence-corrected chi connectivity index (χ4v) is 3.85. The molecule has 1 aromatic heterocycles. The maximum Gasteiger partial charge on any atom is 0.161 e. The summed E-state index contributed by atoms with van der Waals surface area (Å²) < 4.78 is 16.7. The van der Waals surface area contributed by atoms with Gasteiger partial charge in [-0.2, -0.15) is 10.5 Å². The first kappa shape index (κ1) is 24.3. The van der Waals surface area contributed by atoms with Crippen LogP contribution in [-0.2, 0) is 13.0 Å². The van der Waals surface area contributed by atoms with Crippen molar-refractivity contribution in [1.29, 1.82) is 10.5 Å². The van der Waals surface area contributed by atoms with Crippen molar-refractivity contribution < 1.29 is 14.2 Å². The van der Waals surface area contributed by atoms with Gasteiger partial charge in [0, 0.05) is 14.1 Å². The third kappa shape index (κ3) is 4.98. The number of hydrogen-bond donors (Lipinski definition) is 0. The van der Waals surface area contributed by atoms with Crippen molar-refractivity contribution in [2.45, 2.75) is 13.0 Å². The van der Waals surface area contributed by atoms with Crippen LogP contribution in [0.4, 0.5) is 5.82 Å². The van der Waals surface area contributed by atoms with Gasteiger partial charge in [-0.15, -0.1) is 0 Å². The molecule has 0 atom stereocenters. The minimum Gasteiger partial charge on any atom is -0.495 e. The molecule has 0 aliphatic carbocycles. The van der Waals surface area contributed by atoms with E-state index in [1.165, 1.54) is 7.11 Å². The second-order valence-electron chi connectivity index (χ2n) is 8.30. The summed E-state index contributed by atoms with van der Waals surface area (Å²) in [6.45, 7) is 0.268. The zero-order chi connectivity index (χ0) is 25.7. The minimum absolute atomic E-state index is 0.268. The molecule has 0 amide bonds. The van der Waals surface area contributed by atoms with Crippen LogP contribution < -0.4 is 19.1 Å². The number of ether oxygens (including phenoxy) is 3. The molecule has 3 aromatic carbocycles. The van der Waals surface area contributed by atoms with E-state index < -0.39 is 0 Å². The van der Waals surface area contributed by atoms with E-state index in [4.69, 9.17) is 14.2 Å². The summed E-state index contributed by atoms with van der Waals surface area (Å²) in [4.78, 5) is 10.9. The second-order valence-corrected chi connectivity index (χ2v) is 8.30. The van der Waals surface area contributed by atoms with Crippen molar-refractivity contribution in [3.05, 3.63) is 82.5 Å². The molecule has 0 saturated carbocycles. The Bertz CT molecular complexity index is 1500. The van der Waals surface area contributed by atoms with Crippen molar-refractivity contribution in [2.24, 2.45) is 0 Å². The van der Waals surface area contributed by atoms with Crippen LogP contribution in [0.1, 0.15) is 27.8 Å². The monoisotopic (exact) mass is 479 g/mol. The van der Waals surface area contributed by atoms with Crippen molar-refractivity contribution in [3.8, 4) is 29.4 Å². The molecule has 36 heavy (non-hydrogen) atoms. The highest BCUT2D eigenvalue weighted by Gasteiger charge is 2.14. The van der Waals surface area contributed by atoms with Crippen LogP contribution in [0.2, 0.25) is 0 Å². The number of methoxy groups -OCH3 is 2. The van der Waals surface area contributed by atoms with Gasteiger partial charge in [0.05, 0.1) is 37.1 Å². The number of hydrogen-bond acceptors (Lipinski definition) is 8. The lowest BCUT2D eigenvalue weighted by atomic mass is 9.98. The van der Waals surface area contributed by atoms with E-state index in [0.717, 1.165) is 16.7 Å². The van der Waals surface area contributed by atoms with Crippen LogP contribution in [0.15, 0.2) is 54.7 Å². The maximum atomic E-state index is 9.91. The SMILES string of the molecule is COc1ccc(COc2ccc(Cc3ccc4ncc(N(C)C)nc4c3C#N)cc2OC)cc1C#N. The molecule has 0 saturated heterocycles. The highest BCUT2D eigenvalue weighted by atomic mass is 16.5. The molecule has 0 N–H and O–H groups in total. The summed E-state index contributed by atoms with van der Waals surface area (Å²) in [5.41, 5.74) is 4.88. The van der Waals surface area contributed by atoms with E-state index in [2.05, 4.69) is 22.1 Å². The molecular weight excluding hydrogens is 454 g/mol. The molecule has 4 aromatic rings. The maximum absolute atomic E-state index is 9.91. The Morgan fingerprint density at radius 2 is 1.61 bits per heavy atom. The quantitative estimate of drug-likeness (QED) is 0.360. The van der Waals surface area contributed by atoms with Crippen LogP contribution in [-0.4, -0.2) is 38.3 Å². The summed E-state index contributed by atoms with van der Waals surface area (Å²) in [7, 11) is 6.89. The van der Waals surface area contributed by atoms with Gasteiger partial charge in [-0.05, 0) is 53.4 Å². The topological polar surface area (TPSA) is 104 Å². The van der Waals surface area contributed by atoms with Gasteiger partial charge < -0.3 is 19.1 Å². The number of fused-ring (bicyclic) bond motifs is 1. The Morgan fingerprint density at radius 1 is 0.861 bits per heavy atom. The second kappa shape index (κ2) is 10.6. The molecule has 0 fully saturated rings. The molecule has 8 heteroatoms. The number of benzene rings is 3. The normalized spacial score (nSPS) is 10.4.